The second-order valence-corrected chi connectivity index (χ2v) is 11.3. The van der Waals surface area contributed by atoms with Gasteiger partial charge in [-0.3, -0.25) is 0 Å². The van der Waals surface area contributed by atoms with Gasteiger partial charge in [0.1, 0.15) is 0 Å². The van der Waals surface area contributed by atoms with Gasteiger partial charge in [0.25, 0.3) is 0 Å². The molecule has 8 bridgehead atoms. The largest absolute Gasteiger partial charge is 0.355 e. The highest BCUT2D eigenvalue weighted by Crippen LogP contribution is 2.36. The van der Waals surface area contributed by atoms with E-state index in [4.69, 9.17) is 9.97 Å². The Balaban J connectivity index is 1.66. The quantitative estimate of drug-likeness (QED) is 0.240. The van der Waals surface area contributed by atoms with E-state index in [1.165, 1.54) is 0 Å². The van der Waals surface area contributed by atoms with E-state index in [2.05, 4.69) is 134 Å². The third-order valence-electron chi connectivity index (χ3n) is 7.45. The van der Waals surface area contributed by atoms with Gasteiger partial charge in [-0.2, -0.15) is 0 Å². The van der Waals surface area contributed by atoms with Gasteiger partial charge in [0.05, 0.1) is 22.8 Å². The zero-order valence-corrected chi connectivity index (χ0v) is 22.9. The Bertz CT molecular complexity index is 1830. The molecule has 194 valence electrons. The van der Waals surface area contributed by atoms with E-state index in [9.17, 15) is 0 Å². The normalized spacial score (nSPS) is 12.7. The van der Waals surface area contributed by atoms with Crippen LogP contribution in [0.15, 0.2) is 91.0 Å². The predicted octanol–water partition coefficient (Wildman–Crippen LogP) is 9.29. The Morgan fingerprint density at radius 3 is 1.35 bits per heavy atom. The summed E-state index contributed by atoms with van der Waals surface area (Å²) >= 11 is 0. The summed E-state index contributed by atoms with van der Waals surface area (Å²) in [6.07, 6.45) is 8.54. The maximum absolute atomic E-state index is 5.24. The molecule has 4 heteroatoms. The van der Waals surface area contributed by atoms with Crippen LogP contribution in [-0.4, -0.2) is 19.9 Å². The number of nitrogens with one attached hydrogen (secondary N) is 2. The predicted molar refractivity (Wildman–Crippen MR) is 168 cm³/mol. The Morgan fingerprint density at radius 1 is 0.500 bits per heavy atom. The van der Waals surface area contributed by atoms with Crippen LogP contribution in [0.2, 0.25) is 0 Å². The van der Waals surface area contributed by atoms with Crippen molar-refractivity contribution in [1.82, 2.24) is 19.9 Å². The zero-order chi connectivity index (χ0) is 27.3. The van der Waals surface area contributed by atoms with Gasteiger partial charge in [-0.1, -0.05) is 81.4 Å². The minimum absolute atomic E-state index is 0.170. The van der Waals surface area contributed by atoms with E-state index < -0.39 is 0 Å². The average Bonchev–Trinajstić information content (AvgIpc) is 3.76. The number of hydrogen-bond acceptors (Lipinski definition) is 2. The molecule has 2 aromatic carbocycles. The van der Waals surface area contributed by atoms with Gasteiger partial charge in [-0.05, 0) is 71.2 Å². The molecule has 2 aliphatic heterocycles. The third-order valence-corrected chi connectivity index (χ3v) is 7.45. The lowest BCUT2D eigenvalue weighted by atomic mass is 9.84. The molecule has 0 amide bonds. The number of aromatic amines is 2. The number of H-pyrrole nitrogens is 2. The van der Waals surface area contributed by atoms with E-state index in [1.54, 1.807) is 0 Å². The Hall–Kier alpha value is -4.96. The highest BCUT2D eigenvalue weighted by Gasteiger charge is 2.25. The molecule has 5 heterocycles. The van der Waals surface area contributed by atoms with Crippen LogP contribution in [0.5, 0.6) is 0 Å². The van der Waals surface area contributed by atoms with Gasteiger partial charge in [0, 0.05) is 38.8 Å². The van der Waals surface area contributed by atoms with Crippen LogP contribution < -0.4 is 0 Å². The van der Waals surface area contributed by atoms with Crippen molar-refractivity contribution in [3.63, 3.8) is 0 Å². The molecule has 0 spiro atoms. The highest BCUT2D eigenvalue weighted by molar-refractivity contribution is 5.93. The standard InChI is InChI=1S/C36H30N4/c1-36(2,3)35-31-20-18-29(39-31)33(23-10-6-4-7-11-23)27-16-14-25(37-27)22-26-15-17-28(38-26)34(24-12-8-5-9-13-24)30-19-21-32(35)40-30/h4-22,37-38H,1-3H3. The van der Waals surface area contributed by atoms with Crippen LogP contribution in [0, 0.1) is 0 Å². The molecule has 40 heavy (non-hydrogen) atoms. The Labute approximate surface area is 233 Å². The number of aromatic nitrogens is 4. The SMILES string of the molecule is CC(C)(C)c1c2nc(c(-c3ccccc3)c3ccc(cc4ccc([nH]4)c(-c4ccccc4)c4nc1C=C4)[nH]3)C=C2. The molecular formula is C36H30N4. The van der Waals surface area contributed by atoms with Gasteiger partial charge >= 0.3 is 0 Å². The summed E-state index contributed by atoms with van der Waals surface area (Å²) in [5, 5.41) is 0. The molecule has 7 rings (SSSR count). The number of benzene rings is 2. The van der Waals surface area contributed by atoms with Crippen molar-refractivity contribution in [2.45, 2.75) is 26.2 Å². The van der Waals surface area contributed by atoms with Crippen LogP contribution in [0.1, 0.15) is 49.1 Å². The lowest BCUT2D eigenvalue weighted by Crippen LogP contribution is -2.15. The fraction of sp³-hybridized carbons (Fsp3) is 0.111. The molecule has 5 aromatic rings. The Kier molecular flexibility index (Phi) is 5.64. The van der Waals surface area contributed by atoms with Gasteiger partial charge < -0.3 is 9.97 Å². The van der Waals surface area contributed by atoms with Crippen molar-refractivity contribution in [3.05, 3.63) is 119 Å². The molecule has 0 unspecified atom stereocenters. The van der Waals surface area contributed by atoms with E-state index in [0.29, 0.717) is 0 Å². The average molecular weight is 519 g/mol. The third kappa shape index (κ3) is 4.28. The highest BCUT2D eigenvalue weighted by atomic mass is 14.8. The second-order valence-electron chi connectivity index (χ2n) is 11.3. The van der Waals surface area contributed by atoms with E-state index in [0.717, 1.165) is 72.7 Å². The summed E-state index contributed by atoms with van der Waals surface area (Å²) in [5.74, 6) is 0. The number of hydrogen-bond donors (Lipinski definition) is 2. The molecule has 0 atom stereocenters. The van der Waals surface area contributed by atoms with E-state index in [-0.39, 0.29) is 5.41 Å². The molecule has 0 fully saturated rings. The number of rotatable bonds is 2. The Morgan fingerprint density at radius 2 is 0.925 bits per heavy atom. The summed E-state index contributed by atoms with van der Waals surface area (Å²) in [4.78, 5) is 17.8. The van der Waals surface area contributed by atoms with Crippen LogP contribution >= 0.6 is 0 Å². The smallest absolute Gasteiger partial charge is 0.0737 e. The first-order chi connectivity index (χ1) is 19.4. The first-order valence-electron chi connectivity index (χ1n) is 13.7. The monoisotopic (exact) mass is 518 g/mol. The van der Waals surface area contributed by atoms with Crippen LogP contribution in [0.25, 0.3) is 68.6 Å². The first-order valence-corrected chi connectivity index (χ1v) is 13.7. The molecule has 0 saturated carbocycles. The molecule has 3 aromatic heterocycles. The molecule has 2 N–H and O–H groups in total. The second kappa shape index (κ2) is 9.35. The van der Waals surface area contributed by atoms with E-state index >= 15 is 0 Å². The van der Waals surface area contributed by atoms with Crippen molar-refractivity contribution < 1.29 is 0 Å². The van der Waals surface area contributed by atoms with Gasteiger partial charge in [-0.25, -0.2) is 9.97 Å². The van der Waals surface area contributed by atoms with Crippen molar-refractivity contribution in [2.24, 2.45) is 0 Å². The van der Waals surface area contributed by atoms with Crippen LogP contribution in [0.3, 0.4) is 0 Å². The summed E-state index contributed by atoms with van der Waals surface area (Å²) in [6, 6.07) is 31.6. The van der Waals surface area contributed by atoms with Gasteiger partial charge in [-0.15, -0.1) is 0 Å². The summed E-state index contributed by atoms with van der Waals surface area (Å²) in [7, 11) is 0. The molecule has 0 saturated heterocycles. The van der Waals surface area contributed by atoms with E-state index in [1.807, 2.05) is 12.1 Å². The summed E-state index contributed by atoms with van der Waals surface area (Å²) < 4.78 is 0. The molecule has 0 aliphatic carbocycles. The fourth-order valence-corrected chi connectivity index (χ4v) is 5.72. The summed E-state index contributed by atoms with van der Waals surface area (Å²) in [6.45, 7) is 6.70. The van der Waals surface area contributed by atoms with Crippen molar-refractivity contribution in [1.29, 1.82) is 0 Å². The lowest BCUT2D eigenvalue weighted by Gasteiger charge is -2.20. The summed E-state index contributed by atoms with van der Waals surface area (Å²) in [5.41, 5.74) is 13.2. The molecule has 4 nitrogen and oxygen atoms in total. The first kappa shape index (κ1) is 24.1. The fourth-order valence-electron chi connectivity index (χ4n) is 5.72. The maximum atomic E-state index is 5.24. The van der Waals surface area contributed by atoms with Crippen molar-refractivity contribution in [2.75, 3.05) is 0 Å². The van der Waals surface area contributed by atoms with Crippen LogP contribution in [-0.2, 0) is 5.41 Å². The zero-order valence-electron chi connectivity index (χ0n) is 22.9. The molecule has 0 radical (unpaired) electrons. The molecule has 2 aliphatic rings. The van der Waals surface area contributed by atoms with Crippen LogP contribution in [0.4, 0.5) is 0 Å². The topological polar surface area (TPSA) is 57.4 Å². The number of nitrogens with zero attached hydrogens (tertiary/aromatic N) is 2. The maximum Gasteiger partial charge on any atom is 0.0737 e. The van der Waals surface area contributed by atoms with Gasteiger partial charge in [0.2, 0.25) is 0 Å². The van der Waals surface area contributed by atoms with Gasteiger partial charge in [0.15, 0.2) is 0 Å². The van der Waals surface area contributed by atoms with Crippen molar-refractivity contribution >= 4 is 46.4 Å². The molecular weight excluding hydrogens is 488 g/mol. The number of fused-ring (bicyclic) bond motifs is 8. The lowest BCUT2D eigenvalue weighted by molar-refractivity contribution is 0.584. The minimum atomic E-state index is -0.170. The minimum Gasteiger partial charge on any atom is -0.355 e. The van der Waals surface area contributed by atoms with Crippen molar-refractivity contribution in [3.8, 4) is 22.3 Å².